The summed E-state index contributed by atoms with van der Waals surface area (Å²) in [5.74, 6) is 0.615. The summed E-state index contributed by atoms with van der Waals surface area (Å²) in [5, 5.41) is 0. The smallest absolute Gasteiger partial charge is 0.403 e. The molecule has 0 N–H and O–H groups in total. The van der Waals surface area contributed by atoms with Crippen molar-refractivity contribution in [3.05, 3.63) is 29.1 Å². The van der Waals surface area contributed by atoms with Gasteiger partial charge in [0.2, 0.25) is 0 Å². The maximum Gasteiger partial charge on any atom is 0.573 e. The van der Waals surface area contributed by atoms with Crippen molar-refractivity contribution >= 4 is 0 Å². The highest BCUT2D eigenvalue weighted by atomic mass is 19.4. The first-order valence-electron chi connectivity index (χ1n) is 9.91. The van der Waals surface area contributed by atoms with Gasteiger partial charge in [0.25, 0.3) is 0 Å². The van der Waals surface area contributed by atoms with Gasteiger partial charge in [0, 0.05) is 0 Å². The zero-order valence-electron chi connectivity index (χ0n) is 15.4. The second-order valence-electron chi connectivity index (χ2n) is 8.08. The minimum absolute atomic E-state index is 0.514. The normalized spacial score (nSPS) is 26.4. The van der Waals surface area contributed by atoms with Crippen molar-refractivity contribution in [2.75, 3.05) is 0 Å². The van der Waals surface area contributed by atoms with E-state index >= 15 is 0 Å². The van der Waals surface area contributed by atoms with Crippen molar-refractivity contribution in [2.45, 2.75) is 77.5 Å². The summed E-state index contributed by atoms with van der Waals surface area (Å²) in [6.45, 7) is 2.27. The second kappa shape index (κ2) is 8.18. The van der Waals surface area contributed by atoms with Crippen molar-refractivity contribution in [1.29, 1.82) is 0 Å². The summed E-state index contributed by atoms with van der Waals surface area (Å²) < 4.78 is 54.8. The van der Waals surface area contributed by atoms with Gasteiger partial charge in [-0.15, -0.1) is 13.2 Å². The van der Waals surface area contributed by atoms with Crippen LogP contribution in [0.25, 0.3) is 0 Å². The number of ether oxygens (including phenoxy) is 1. The van der Waals surface area contributed by atoms with E-state index in [9.17, 15) is 17.6 Å². The summed E-state index contributed by atoms with van der Waals surface area (Å²) in [6.07, 6.45) is 6.60. The van der Waals surface area contributed by atoms with Crippen LogP contribution in [-0.2, 0) is 12.8 Å². The Morgan fingerprint density at radius 2 is 1.58 bits per heavy atom. The van der Waals surface area contributed by atoms with Crippen LogP contribution in [0, 0.1) is 23.6 Å². The second-order valence-corrected chi connectivity index (χ2v) is 8.08. The van der Waals surface area contributed by atoms with Crippen LogP contribution in [0.15, 0.2) is 12.1 Å². The van der Waals surface area contributed by atoms with Gasteiger partial charge in [0.05, 0.1) is 0 Å². The average Bonchev–Trinajstić information content (AvgIpc) is 2.60. The molecule has 1 atom stereocenters. The molecule has 0 aromatic heterocycles. The molecule has 0 spiro atoms. The minimum atomic E-state index is -4.86. The standard InChI is InChI=1S/C21H28F4O/c1-2-14-3-5-15(6-4-14)7-8-16-9-10-17-13-20(26-21(23,24)25)19(22)12-18(17)11-16/h12-16H,2-11H2,1H3. The molecule has 1 aromatic rings. The van der Waals surface area contributed by atoms with Crippen LogP contribution in [0.1, 0.15) is 69.4 Å². The molecule has 1 saturated carbocycles. The van der Waals surface area contributed by atoms with Crippen molar-refractivity contribution in [1.82, 2.24) is 0 Å². The monoisotopic (exact) mass is 372 g/mol. The molecule has 0 bridgehead atoms. The number of benzene rings is 1. The Bertz CT molecular complexity index is 603. The lowest BCUT2D eigenvalue weighted by molar-refractivity contribution is -0.275. The number of halogens is 4. The molecule has 3 rings (SSSR count). The lowest BCUT2D eigenvalue weighted by Crippen LogP contribution is -2.20. The molecule has 1 aromatic carbocycles. The summed E-state index contributed by atoms with van der Waals surface area (Å²) in [5.41, 5.74) is 1.65. The fourth-order valence-corrected chi connectivity index (χ4v) is 4.68. The highest BCUT2D eigenvalue weighted by Crippen LogP contribution is 2.37. The Morgan fingerprint density at radius 1 is 0.923 bits per heavy atom. The summed E-state index contributed by atoms with van der Waals surface area (Å²) in [6, 6.07) is 2.48. The largest absolute Gasteiger partial charge is 0.573 e. The highest BCUT2D eigenvalue weighted by Gasteiger charge is 2.33. The Labute approximate surface area is 153 Å². The van der Waals surface area contributed by atoms with Gasteiger partial charge in [0.1, 0.15) is 0 Å². The molecule has 0 saturated heterocycles. The fourth-order valence-electron chi connectivity index (χ4n) is 4.68. The molecule has 26 heavy (non-hydrogen) atoms. The SMILES string of the molecule is CCC1CCC(CCC2CCc3cc(OC(F)(F)F)c(F)cc3C2)CC1. The molecular weight excluding hydrogens is 344 g/mol. The summed E-state index contributed by atoms with van der Waals surface area (Å²) in [4.78, 5) is 0. The Balaban J connectivity index is 1.54. The molecule has 0 amide bonds. The summed E-state index contributed by atoms with van der Waals surface area (Å²) in [7, 11) is 0. The first-order chi connectivity index (χ1) is 12.3. The van der Waals surface area contributed by atoms with E-state index in [4.69, 9.17) is 0 Å². The first kappa shape index (κ1) is 19.5. The van der Waals surface area contributed by atoms with Crippen molar-refractivity contribution in [2.24, 2.45) is 17.8 Å². The minimum Gasteiger partial charge on any atom is -0.403 e. The first-order valence-corrected chi connectivity index (χ1v) is 9.91. The van der Waals surface area contributed by atoms with Crippen molar-refractivity contribution in [3.63, 3.8) is 0 Å². The van der Waals surface area contributed by atoms with Gasteiger partial charge in [-0.1, -0.05) is 45.4 Å². The van der Waals surface area contributed by atoms with E-state index in [2.05, 4.69) is 11.7 Å². The highest BCUT2D eigenvalue weighted by molar-refractivity contribution is 5.39. The van der Waals surface area contributed by atoms with Gasteiger partial charge in [-0.25, -0.2) is 4.39 Å². The van der Waals surface area contributed by atoms with E-state index in [-0.39, 0.29) is 0 Å². The van der Waals surface area contributed by atoms with E-state index in [0.29, 0.717) is 12.3 Å². The van der Waals surface area contributed by atoms with Crippen LogP contribution in [0.3, 0.4) is 0 Å². The van der Waals surface area contributed by atoms with E-state index in [1.54, 1.807) is 0 Å². The van der Waals surface area contributed by atoms with E-state index in [0.717, 1.165) is 42.2 Å². The molecule has 1 unspecified atom stereocenters. The number of aryl methyl sites for hydroxylation is 1. The van der Waals surface area contributed by atoms with Crippen LogP contribution >= 0.6 is 0 Å². The quantitative estimate of drug-likeness (QED) is 0.515. The van der Waals surface area contributed by atoms with Gasteiger partial charge in [-0.2, -0.15) is 0 Å². The zero-order valence-corrected chi connectivity index (χ0v) is 15.4. The van der Waals surface area contributed by atoms with E-state index in [1.165, 1.54) is 50.7 Å². The maximum atomic E-state index is 14.0. The molecule has 0 radical (unpaired) electrons. The zero-order chi connectivity index (χ0) is 18.7. The lowest BCUT2D eigenvalue weighted by atomic mass is 9.76. The number of hydrogen-bond donors (Lipinski definition) is 0. The van der Waals surface area contributed by atoms with Crippen molar-refractivity contribution < 1.29 is 22.3 Å². The molecule has 1 fully saturated rings. The fraction of sp³-hybridized carbons (Fsp3) is 0.714. The topological polar surface area (TPSA) is 9.23 Å². The molecule has 1 nitrogen and oxygen atoms in total. The predicted octanol–water partition coefficient (Wildman–Crippen LogP) is 6.83. The van der Waals surface area contributed by atoms with E-state index in [1.807, 2.05) is 0 Å². The van der Waals surface area contributed by atoms with Gasteiger partial charge < -0.3 is 4.74 Å². The van der Waals surface area contributed by atoms with E-state index < -0.39 is 17.9 Å². The number of hydrogen-bond acceptors (Lipinski definition) is 1. The third-order valence-corrected chi connectivity index (χ3v) is 6.34. The Hall–Kier alpha value is -1.26. The van der Waals surface area contributed by atoms with Crippen LogP contribution in [0.4, 0.5) is 17.6 Å². The Kier molecular flexibility index (Phi) is 6.13. The van der Waals surface area contributed by atoms with Crippen LogP contribution < -0.4 is 4.74 Å². The van der Waals surface area contributed by atoms with Gasteiger partial charge in [-0.05, 0) is 66.7 Å². The van der Waals surface area contributed by atoms with Gasteiger partial charge in [0.15, 0.2) is 11.6 Å². The molecule has 0 aliphatic heterocycles. The van der Waals surface area contributed by atoms with Crippen molar-refractivity contribution in [3.8, 4) is 5.75 Å². The molecule has 2 aliphatic rings. The van der Waals surface area contributed by atoms with Crippen LogP contribution in [0.2, 0.25) is 0 Å². The third kappa shape index (κ3) is 5.14. The van der Waals surface area contributed by atoms with Crippen LogP contribution in [-0.4, -0.2) is 6.36 Å². The van der Waals surface area contributed by atoms with Gasteiger partial charge >= 0.3 is 6.36 Å². The molecule has 5 heteroatoms. The van der Waals surface area contributed by atoms with Crippen LogP contribution in [0.5, 0.6) is 5.75 Å². The molecule has 146 valence electrons. The number of alkyl halides is 3. The number of rotatable bonds is 5. The lowest BCUT2D eigenvalue weighted by Gasteiger charge is -2.30. The molecule has 2 aliphatic carbocycles. The van der Waals surface area contributed by atoms with Gasteiger partial charge in [-0.3, -0.25) is 0 Å². The Morgan fingerprint density at radius 3 is 2.23 bits per heavy atom. The third-order valence-electron chi connectivity index (χ3n) is 6.34. The number of fused-ring (bicyclic) bond motifs is 1. The summed E-state index contributed by atoms with van der Waals surface area (Å²) >= 11 is 0. The maximum absolute atomic E-state index is 14.0. The average molecular weight is 372 g/mol. The molecular formula is C21H28F4O. The predicted molar refractivity (Wildman–Crippen MR) is 93.6 cm³/mol. The molecule has 0 heterocycles.